The van der Waals surface area contributed by atoms with Crippen molar-refractivity contribution in [1.29, 1.82) is 0 Å². The lowest BCUT2D eigenvalue weighted by Crippen LogP contribution is -2.41. The van der Waals surface area contributed by atoms with Crippen molar-refractivity contribution in [3.63, 3.8) is 0 Å². The van der Waals surface area contributed by atoms with Crippen LogP contribution in [-0.2, 0) is 16.2 Å². The molecule has 3 aliphatic carbocycles. The Balaban J connectivity index is 1.15. The second-order valence-electron chi connectivity index (χ2n) is 9.99. The third-order valence-electron chi connectivity index (χ3n) is 7.92. The quantitative estimate of drug-likeness (QED) is 0.213. The van der Waals surface area contributed by atoms with Crippen LogP contribution in [0.2, 0.25) is 0 Å². The maximum atomic E-state index is 13.7. The molecule has 0 N–H and O–H groups in total. The number of amides is 2. The second kappa shape index (κ2) is 9.07. The molecule has 0 aromatic heterocycles. The molecule has 1 aliphatic heterocycles. The fourth-order valence-corrected chi connectivity index (χ4v) is 6.60. The van der Waals surface area contributed by atoms with Crippen molar-refractivity contribution in [3.05, 3.63) is 135 Å². The summed E-state index contributed by atoms with van der Waals surface area (Å²) in [5.41, 5.74) is 6.42. The van der Waals surface area contributed by atoms with Crippen molar-refractivity contribution in [2.45, 2.75) is 18.4 Å². The van der Waals surface area contributed by atoms with Gasteiger partial charge in [0.05, 0.1) is 18.1 Å². The second-order valence-corrected chi connectivity index (χ2v) is 10.9. The van der Waals surface area contributed by atoms with Crippen LogP contribution in [0.15, 0.2) is 107 Å². The third kappa shape index (κ3) is 3.63. The van der Waals surface area contributed by atoms with E-state index in [9.17, 15) is 9.59 Å². The van der Waals surface area contributed by atoms with Gasteiger partial charge in [0.15, 0.2) is 0 Å². The first-order valence-corrected chi connectivity index (χ1v) is 13.5. The number of carbonyl (C=O) groups is 2. The molecule has 1 fully saturated rings. The predicted molar refractivity (Wildman–Crippen MR) is 148 cm³/mol. The van der Waals surface area contributed by atoms with Crippen LogP contribution in [0.4, 0.5) is 0 Å². The summed E-state index contributed by atoms with van der Waals surface area (Å²) in [7, 11) is 0. The Labute approximate surface area is 228 Å². The molecule has 4 aromatic rings. The summed E-state index contributed by atoms with van der Waals surface area (Å²) in [4.78, 5) is 27.4. The highest BCUT2D eigenvalue weighted by Crippen LogP contribution is 2.60. The molecule has 186 valence electrons. The van der Waals surface area contributed by atoms with E-state index in [2.05, 4.69) is 45.3 Å². The normalized spacial score (nSPS) is 22.9. The van der Waals surface area contributed by atoms with Gasteiger partial charge >= 0.3 is 0 Å². The van der Waals surface area contributed by atoms with E-state index in [0.717, 1.165) is 42.9 Å². The van der Waals surface area contributed by atoms with Gasteiger partial charge in [-0.1, -0.05) is 88.7 Å². The first-order chi connectivity index (χ1) is 18.6. The molecular weight excluding hydrogens is 540 g/mol. The molecule has 6 heteroatoms. The van der Waals surface area contributed by atoms with E-state index in [1.165, 1.54) is 0 Å². The van der Waals surface area contributed by atoms with Gasteiger partial charge in [-0.15, -0.1) is 0 Å². The van der Waals surface area contributed by atoms with E-state index in [1.807, 2.05) is 72.8 Å². The largest absolute Gasteiger partial charge is 0.489 e. The molecule has 2 atom stereocenters. The summed E-state index contributed by atoms with van der Waals surface area (Å²) in [6.45, 7) is 0.435. The number of carbonyl (C=O) groups excluding carboxylic acids is 2. The van der Waals surface area contributed by atoms with Crippen LogP contribution >= 0.6 is 15.9 Å². The Bertz CT molecular complexity index is 1500. The van der Waals surface area contributed by atoms with Gasteiger partial charge in [0.25, 0.3) is 11.8 Å². The number of halogens is 1. The van der Waals surface area contributed by atoms with E-state index in [4.69, 9.17) is 4.74 Å². The Hall–Kier alpha value is -4.03. The zero-order chi connectivity index (χ0) is 25.8. The lowest BCUT2D eigenvalue weighted by Gasteiger charge is -2.45. The van der Waals surface area contributed by atoms with E-state index in [0.29, 0.717) is 12.4 Å². The first-order valence-electron chi connectivity index (χ1n) is 12.7. The van der Waals surface area contributed by atoms with Gasteiger partial charge < -0.3 is 4.74 Å². The van der Waals surface area contributed by atoms with Crippen LogP contribution in [0.5, 0.6) is 5.75 Å². The topological polar surface area (TPSA) is 59.0 Å². The molecule has 0 saturated carbocycles. The molecule has 0 radical (unpaired) electrons. The van der Waals surface area contributed by atoms with Crippen molar-refractivity contribution in [2.75, 3.05) is 0 Å². The van der Waals surface area contributed by atoms with Gasteiger partial charge in [0, 0.05) is 16.3 Å². The van der Waals surface area contributed by atoms with E-state index in [-0.39, 0.29) is 23.7 Å². The lowest BCUT2D eigenvalue weighted by atomic mass is 9.55. The number of ether oxygens (including phenoxy) is 1. The van der Waals surface area contributed by atoms with Crippen LogP contribution in [0.25, 0.3) is 0 Å². The van der Waals surface area contributed by atoms with Gasteiger partial charge in [0.1, 0.15) is 12.4 Å². The average molecular weight is 563 g/mol. The number of hydrogen-bond donors (Lipinski definition) is 0. The van der Waals surface area contributed by atoms with Crippen LogP contribution < -0.4 is 4.74 Å². The first kappa shape index (κ1) is 23.1. The van der Waals surface area contributed by atoms with E-state index < -0.39 is 11.8 Å². The summed E-state index contributed by atoms with van der Waals surface area (Å²) in [6, 6.07) is 31.9. The lowest BCUT2D eigenvalue weighted by molar-refractivity contribution is -0.139. The standard InChI is InChI=1S/C32H23BrN2O3/c33-21-14-12-19(13-15-21)18-38-22-7-5-6-20(16-22)17-34-35-31(36)29-27-23-8-1-2-9-24(23)28(30(29)32(35)37)26-11-4-3-10-25(26)27/h1-17,27-30H,18H2/b34-17-/t27?,28?,29-,30+. The minimum absolute atomic E-state index is 0.135. The zero-order valence-electron chi connectivity index (χ0n) is 20.3. The Kier molecular flexibility index (Phi) is 5.51. The highest BCUT2D eigenvalue weighted by atomic mass is 79.9. The molecule has 5 nitrogen and oxygen atoms in total. The number of hydrazone groups is 1. The molecule has 1 heterocycles. The molecule has 38 heavy (non-hydrogen) atoms. The summed E-state index contributed by atoms with van der Waals surface area (Å²) < 4.78 is 6.97. The Morgan fingerprint density at radius 2 is 1.29 bits per heavy atom. The van der Waals surface area contributed by atoms with Crippen LogP contribution in [-0.4, -0.2) is 23.0 Å². The summed E-state index contributed by atoms with van der Waals surface area (Å²) in [6.07, 6.45) is 1.57. The SMILES string of the molecule is O=C1[C@@H]2C3c4ccccc4C(c4ccccc43)[C@@H]2C(=O)N1/N=C\c1cccc(OCc2ccc(Br)cc2)c1. The number of hydrogen-bond acceptors (Lipinski definition) is 4. The third-order valence-corrected chi connectivity index (χ3v) is 8.45. The van der Waals surface area contributed by atoms with Crippen molar-refractivity contribution in [1.82, 2.24) is 5.01 Å². The number of rotatable bonds is 5. The fourth-order valence-electron chi connectivity index (χ4n) is 6.33. The minimum atomic E-state index is -0.435. The smallest absolute Gasteiger partial charge is 0.254 e. The van der Waals surface area contributed by atoms with E-state index >= 15 is 0 Å². The summed E-state index contributed by atoms with van der Waals surface area (Å²) >= 11 is 3.44. The summed E-state index contributed by atoms with van der Waals surface area (Å²) in [5.74, 6) is -0.900. The van der Waals surface area contributed by atoms with E-state index in [1.54, 1.807) is 6.21 Å². The molecule has 2 amide bonds. The van der Waals surface area contributed by atoms with Crippen molar-refractivity contribution in [2.24, 2.45) is 16.9 Å². The summed E-state index contributed by atoms with van der Waals surface area (Å²) in [5, 5.41) is 5.52. The molecule has 4 aromatic carbocycles. The number of imide groups is 1. The van der Waals surface area contributed by atoms with Gasteiger partial charge in [-0.2, -0.15) is 10.1 Å². The fraction of sp³-hybridized carbons (Fsp3) is 0.156. The number of benzene rings is 4. The van der Waals surface area contributed by atoms with Crippen molar-refractivity contribution in [3.8, 4) is 5.75 Å². The molecule has 8 rings (SSSR count). The van der Waals surface area contributed by atoms with Gasteiger partial charge in [-0.05, 0) is 57.6 Å². The zero-order valence-corrected chi connectivity index (χ0v) is 21.9. The Morgan fingerprint density at radius 1 is 0.737 bits per heavy atom. The highest BCUT2D eigenvalue weighted by molar-refractivity contribution is 9.10. The van der Waals surface area contributed by atoms with Crippen molar-refractivity contribution >= 4 is 34.0 Å². The Morgan fingerprint density at radius 3 is 1.84 bits per heavy atom. The van der Waals surface area contributed by atoms with Gasteiger partial charge in [0.2, 0.25) is 0 Å². The molecule has 4 aliphatic rings. The van der Waals surface area contributed by atoms with Gasteiger partial charge in [-0.25, -0.2) is 0 Å². The molecule has 1 saturated heterocycles. The molecular formula is C32H23BrN2O3. The van der Waals surface area contributed by atoms with Crippen LogP contribution in [0.3, 0.4) is 0 Å². The highest BCUT2D eigenvalue weighted by Gasteiger charge is 2.61. The average Bonchev–Trinajstić information content (AvgIpc) is 3.21. The minimum Gasteiger partial charge on any atom is -0.489 e. The number of nitrogens with zero attached hydrogens (tertiary/aromatic N) is 2. The van der Waals surface area contributed by atoms with Crippen molar-refractivity contribution < 1.29 is 14.3 Å². The molecule has 2 bridgehead atoms. The molecule has 0 unspecified atom stereocenters. The maximum absolute atomic E-state index is 13.7. The maximum Gasteiger partial charge on any atom is 0.254 e. The van der Waals surface area contributed by atoms with Gasteiger partial charge in [-0.3, -0.25) is 9.59 Å². The van der Waals surface area contributed by atoms with Crippen LogP contribution in [0.1, 0.15) is 45.2 Å². The monoisotopic (exact) mass is 562 g/mol. The predicted octanol–water partition coefficient (Wildman–Crippen LogP) is 6.25. The molecule has 0 spiro atoms. The van der Waals surface area contributed by atoms with Crippen LogP contribution in [0, 0.1) is 11.8 Å².